The number of amides is 3. The van der Waals surface area contributed by atoms with Crippen molar-refractivity contribution >= 4 is 25.2 Å². The van der Waals surface area contributed by atoms with E-state index < -0.39 is 6.04 Å². The topological polar surface area (TPSA) is 81.3 Å². The summed E-state index contributed by atoms with van der Waals surface area (Å²) in [7, 11) is 5.35. The summed E-state index contributed by atoms with van der Waals surface area (Å²) in [6.07, 6.45) is 5.77. The molecule has 8 heteroatoms. The zero-order valence-corrected chi connectivity index (χ0v) is 18.4. The zero-order valence-electron chi connectivity index (χ0n) is 18.4. The minimum atomic E-state index is -0.792. The van der Waals surface area contributed by atoms with Crippen molar-refractivity contribution in [2.75, 3.05) is 20.6 Å². The van der Waals surface area contributed by atoms with Gasteiger partial charge >= 0.3 is 6.03 Å². The Kier molecular flexibility index (Phi) is 6.12. The van der Waals surface area contributed by atoms with Crippen LogP contribution in [0.25, 0.3) is 11.3 Å². The average Bonchev–Trinajstić information content (AvgIpc) is 3.47. The lowest BCUT2D eigenvalue weighted by atomic mass is 9.95. The molecule has 7 nitrogen and oxygen atoms in total. The van der Waals surface area contributed by atoms with Gasteiger partial charge in [-0.15, -0.1) is 0 Å². The molecule has 3 amide bonds. The van der Waals surface area contributed by atoms with Crippen molar-refractivity contribution in [3.05, 3.63) is 84.3 Å². The number of aromatic nitrogens is 2. The van der Waals surface area contributed by atoms with Crippen LogP contribution in [0.2, 0.25) is 0 Å². The molecule has 1 aromatic heterocycles. The molecule has 162 valence electrons. The van der Waals surface area contributed by atoms with E-state index in [1.165, 1.54) is 10.4 Å². The van der Waals surface area contributed by atoms with Crippen molar-refractivity contribution in [2.45, 2.75) is 12.1 Å². The van der Waals surface area contributed by atoms with E-state index in [1.54, 1.807) is 19.0 Å². The molecule has 2 heterocycles. The molecule has 0 spiro atoms. The van der Waals surface area contributed by atoms with Crippen LogP contribution in [0.3, 0.4) is 0 Å². The molecule has 0 saturated heterocycles. The molecule has 0 fully saturated rings. The highest BCUT2D eigenvalue weighted by Gasteiger charge is 2.34. The van der Waals surface area contributed by atoms with Crippen LogP contribution in [-0.2, 0) is 4.79 Å². The summed E-state index contributed by atoms with van der Waals surface area (Å²) >= 11 is 0. The number of urea groups is 1. The summed E-state index contributed by atoms with van der Waals surface area (Å²) in [5.74, 6) is 0.503. The summed E-state index contributed by atoms with van der Waals surface area (Å²) in [6, 6.07) is 16.0. The number of nitrogens with one attached hydrogen (secondary N) is 2. The summed E-state index contributed by atoms with van der Waals surface area (Å²) in [6.45, 7) is 0.450. The predicted octanol–water partition coefficient (Wildman–Crippen LogP) is 1.79. The highest BCUT2D eigenvalue weighted by molar-refractivity contribution is 6.32. The molecule has 2 N–H and O–H groups in total. The second kappa shape index (κ2) is 9.14. The molecule has 0 saturated carbocycles. The molecule has 32 heavy (non-hydrogen) atoms. The average molecular weight is 427 g/mol. The fourth-order valence-corrected chi connectivity index (χ4v) is 3.70. The monoisotopic (exact) mass is 427 g/mol. The lowest BCUT2D eigenvalue weighted by Crippen LogP contribution is -2.45. The minimum absolute atomic E-state index is 0.185. The predicted molar refractivity (Wildman–Crippen MR) is 127 cm³/mol. The molecule has 1 aliphatic rings. The number of aromatic amines is 1. The number of imidazole rings is 1. The van der Waals surface area contributed by atoms with Crippen LogP contribution in [0.1, 0.15) is 23.5 Å². The SMILES string of the molecule is Bc1ccc(-c2c[nH]c([C@@H]3C=CCN3C(=O)C(NC(=O)N(C)C)c3ccccc3)n2)cc1. The Balaban J connectivity index is 1.59. The van der Waals surface area contributed by atoms with Gasteiger partial charge in [0.2, 0.25) is 0 Å². The van der Waals surface area contributed by atoms with Gasteiger partial charge in [-0.25, -0.2) is 9.78 Å². The van der Waals surface area contributed by atoms with Crippen LogP contribution in [0.5, 0.6) is 0 Å². The standard InChI is InChI=1S/C24H26BN5O2/c1-29(2)24(32)28-21(17-7-4-3-5-8-17)23(31)30-14-6-9-20(30)22-26-15-19(27-22)16-10-12-18(25)13-11-16/h3-13,15,20-21H,14,25H2,1-2H3,(H,26,27)(H,28,32)/t20-,21?/m0/s1. The highest BCUT2D eigenvalue weighted by Crippen LogP contribution is 2.30. The van der Waals surface area contributed by atoms with Gasteiger partial charge in [-0.2, -0.15) is 0 Å². The van der Waals surface area contributed by atoms with Crippen LogP contribution >= 0.6 is 0 Å². The van der Waals surface area contributed by atoms with E-state index in [0.29, 0.717) is 12.4 Å². The van der Waals surface area contributed by atoms with Crippen molar-refractivity contribution in [2.24, 2.45) is 0 Å². The summed E-state index contributed by atoms with van der Waals surface area (Å²) in [5.41, 5.74) is 3.76. The first kappa shape index (κ1) is 21.4. The first-order valence-electron chi connectivity index (χ1n) is 10.6. The molecule has 0 aliphatic carbocycles. The molecule has 0 bridgehead atoms. The summed E-state index contributed by atoms with van der Waals surface area (Å²) in [4.78, 5) is 37.1. The maximum Gasteiger partial charge on any atom is 0.317 e. The Morgan fingerprint density at radius 1 is 1.16 bits per heavy atom. The number of rotatable bonds is 5. The third-order valence-corrected chi connectivity index (χ3v) is 5.52. The second-order valence-electron chi connectivity index (χ2n) is 8.09. The molecule has 3 aromatic rings. The van der Waals surface area contributed by atoms with Crippen LogP contribution in [0.15, 0.2) is 72.9 Å². The number of carbonyl (C=O) groups is 2. The number of H-pyrrole nitrogens is 1. The Labute approximate surface area is 188 Å². The van der Waals surface area contributed by atoms with Crippen molar-refractivity contribution in [1.29, 1.82) is 0 Å². The fourth-order valence-electron chi connectivity index (χ4n) is 3.70. The number of carbonyl (C=O) groups excluding carboxylic acids is 2. The van der Waals surface area contributed by atoms with Crippen molar-refractivity contribution in [1.82, 2.24) is 25.1 Å². The van der Waals surface area contributed by atoms with Gasteiger partial charge in [0.05, 0.1) is 5.69 Å². The van der Waals surface area contributed by atoms with E-state index in [0.717, 1.165) is 16.8 Å². The van der Waals surface area contributed by atoms with Crippen LogP contribution in [0.4, 0.5) is 4.79 Å². The van der Waals surface area contributed by atoms with E-state index >= 15 is 0 Å². The van der Waals surface area contributed by atoms with E-state index in [1.807, 2.05) is 80.8 Å². The quantitative estimate of drug-likeness (QED) is 0.481. The van der Waals surface area contributed by atoms with Gasteiger partial charge in [0.15, 0.2) is 0 Å². The highest BCUT2D eigenvalue weighted by atomic mass is 16.2. The van der Waals surface area contributed by atoms with Gasteiger partial charge in [-0.1, -0.05) is 72.2 Å². The van der Waals surface area contributed by atoms with Gasteiger partial charge in [-0.3, -0.25) is 4.79 Å². The van der Waals surface area contributed by atoms with Crippen LogP contribution in [-0.4, -0.2) is 60.2 Å². The second-order valence-corrected chi connectivity index (χ2v) is 8.09. The van der Waals surface area contributed by atoms with Gasteiger partial charge in [-0.05, 0) is 5.56 Å². The van der Waals surface area contributed by atoms with Gasteiger partial charge in [0, 0.05) is 32.4 Å². The van der Waals surface area contributed by atoms with Crippen LogP contribution < -0.4 is 10.8 Å². The number of hydrogen-bond acceptors (Lipinski definition) is 3. The van der Waals surface area contributed by atoms with E-state index in [-0.39, 0.29) is 18.0 Å². The minimum Gasteiger partial charge on any atom is -0.346 e. The molecule has 1 unspecified atom stereocenters. The van der Waals surface area contributed by atoms with Crippen molar-refractivity contribution in [3.63, 3.8) is 0 Å². The van der Waals surface area contributed by atoms with Crippen molar-refractivity contribution in [3.8, 4) is 11.3 Å². The van der Waals surface area contributed by atoms with Gasteiger partial charge < -0.3 is 20.1 Å². The zero-order chi connectivity index (χ0) is 22.7. The van der Waals surface area contributed by atoms with Crippen LogP contribution in [0, 0.1) is 0 Å². The third-order valence-electron chi connectivity index (χ3n) is 5.52. The maximum atomic E-state index is 13.6. The molecule has 1 aliphatic heterocycles. The Morgan fingerprint density at radius 2 is 1.88 bits per heavy atom. The lowest BCUT2D eigenvalue weighted by Gasteiger charge is -2.29. The maximum absolute atomic E-state index is 13.6. The molecule has 2 atom stereocenters. The lowest BCUT2D eigenvalue weighted by molar-refractivity contribution is -0.134. The van der Waals surface area contributed by atoms with Gasteiger partial charge in [0.25, 0.3) is 5.91 Å². The Hall–Kier alpha value is -3.81. The molecule has 2 aromatic carbocycles. The smallest absolute Gasteiger partial charge is 0.317 e. The largest absolute Gasteiger partial charge is 0.346 e. The van der Waals surface area contributed by atoms with E-state index in [2.05, 4.69) is 10.3 Å². The summed E-state index contributed by atoms with van der Waals surface area (Å²) in [5, 5.41) is 2.86. The number of benzene rings is 2. The van der Waals surface area contributed by atoms with E-state index in [4.69, 9.17) is 4.98 Å². The Morgan fingerprint density at radius 3 is 2.56 bits per heavy atom. The Bertz CT molecular complexity index is 1120. The molecular formula is C24H26BN5O2. The molecule has 4 rings (SSSR count). The normalized spacial score (nSPS) is 16.1. The number of nitrogens with zero attached hydrogens (tertiary/aromatic N) is 3. The third kappa shape index (κ3) is 4.44. The van der Waals surface area contributed by atoms with Gasteiger partial charge in [0.1, 0.15) is 25.8 Å². The first-order valence-corrected chi connectivity index (χ1v) is 10.6. The van der Waals surface area contributed by atoms with Crippen molar-refractivity contribution < 1.29 is 9.59 Å². The first-order chi connectivity index (χ1) is 15.4. The van der Waals surface area contributed by atoms with E-state index in [9.17, 15) is 9.59 Å². The molecule has 0 radical (unpaired) electrons. The number of hydrogen-bond donors (Lipinski definition) is 2. The molecular weight excluding hydrogens is 401 g/mol. The fraction of sp³-hybridized carbons (Fsp3) is 0.208. The summed E-state index contributed by atoms with van der Waals surface area (Å²) < 4.78 is 0.